The Morgan fingerprint density at radius 2 is 1.50 bits per heavy atom. The maximum absolute atomic E-state index is 12.1. The second-order valence-electron chi connectivity index (χ2n) is 1.93. The number of rotatable bonds is 2. The summed E-state index contributed by atoms with van der Waals surface area (Å²) in [7, 11) is 0. The molecule has 0 saturated carbocycles. The van der Waals surface area contributed by atoms with Gasteiger partial charge in [-0.05, 0) is 0 Å². The van der Waals surface area contributed by atoms with E-state index >= 15 is 0 Å². The summed E-state index contributed by atoms with van der Waals surface area (Å²) in [6.07, 6.45) is -9.57. The van der Waals surface area contributed by atoms with Crippen molar-refractivity contribution in [3.8, 4) is 0 Å². The number of hydrogen-bond donors (Lipinski definition) is 0. The van der Waals surface area contributed by atoms with E-state index in [0.717, 1.165) is 0 Å². The summed E-state index contributed by atoms with van der Waals surface area (Å²) in [5, 5.41) is -1.38. The summed E-state index contributed by atoms with van der Waals surface area (Å²) < 4.78 is 70.0. The van der Waals surface area contributed by atoms with E-state index < -0.39 is 23.3 Å². The van der Waals surface area contributed by atoms with Crippen molar-refractivity contribution < 1.29 is 26.3 Å². The Balaban J connectivity index is 4.73. The molecular formula is C5H3ClF6. The van der Waals surface area contributed by atoms with Crippen molar-refractivity contribution in [3.05, 3.63) is 11.6 Å². The van der Waals surface area contributed by atoms with Crippen LogP contribution in [-0.4, -0.2) is 18.3 Å². The van der Waals surface area contributed by atoms with Gasteiger partial charge in [-0.2, -0.15) is 22.0 Å². The summed E-state index contributed by atoms with van der Waals surface area (Å²) in [6.45, 7) is 2.45. The molecule has 0 radical (unpaired) electrons. The minimum Gasteiger partial charge on any atom is -0.234 e. The van der Waals surface area contributed by atoms with Crippen molar-refractivity contribution >= 4 is 11.6 Å². The molecule has 0 spiro atoms. The molecule has 0 aliphatic rings. The van der Waals surface area contributed by atoms with Crippen LogP contribution < -0.4 is 0 Å². The lowest BCUT2D eigenvalue weighted by atomic mass is 10.2. The molecule has 1 unspecified atom stereocenters. The van der Waals surface area contributed by atoms with Gasteiger partial charge < -0.3 is 0 Å². The zero-order chi connectivity index (χ0) is 10.2. The molecule has 0 aromatic rings. The van der Waals surface area contributed by atoms with Gasteiger partial charge in [-0.15, -0.1) is 0 Å². The van der Waals surface area contributed by atoms with Crippen molar-refractivity contribution in [3.63, 3.8) is 0 Å². The van der Waals surface area contributed by atoms with Crippen LogP contribution in [-0.2, 0) is 0 Å². The van der Waals surface area contributed by atoms with Gasteiger partial charge in [0, 0.05) is 0 Å². The summed E-state index contributed by atoms with van der Waals surface area (Å²) >= 11 is 4.57. The standard InChI is InChI=1S/C5H3ClF6/c1-2(6)3(7)4(8,9)5(10,11)12/h3H,1H2. The molecule has 0 amide bonds. The van der Waals surface area contributed by atoms with Crippen LogP contribution in [0.1, 0.15) is 0 Å². The summed E-state index contributed by atoms with van der Waals surface area (Å²) in [5.74, 6) is -5.48. The molecule has 0 aliphatic heterocycles. The lowest BCUT2D eigenvalue weighted by molar-refractivity contribution is -0.297. The molecule has 0 nitrogen and oxygen atoms in total. The highest BCUT2D eigenvalue weighted by molar-refractivity contribution is 6.29. The largest absolute Gasteiger partial charge is 0.456 e. The average Bonchev–Trinajstić information content (AvgIpc) is 1.83. The quantitative estimate of drug-likeness (QED) is 0.616. The van der Waals surface area contributed by atoms with Gasteiger partial charge in [-0.1, -0.05) is 18.2 Å². The molecule has 0 N–H and O–H groups in total. The third-order valence-corrected chi connectivity index (χ3v) is 1.16. The van der Waals surface area contributed by atoms with Gasteiger partial charge in [0.2, 0.25) is 6.17 Å². The van der Waals surface area contributed by atoms with Crippen LogP contribution in [0.3, 0.4) is 0 Å². The number of hydrogen-bond acceptors (Lipinski definition) is 0. The second-order valence-corrected chi connectivity index (χ2v) is 2.42. The minimum absolute atomic E-state index is 1.38. The lowest BCUT2D eigenvalue weighted by Crippen LogP contribution is -2.45. The third kappa shape index (κ3) is 2.06. The van der Waals surface area contributed by atoms with Crippen molar-refractivity contribution in [1.29, 1.82) is 0 Å². The van der Waals surface area contributed by atoms with Gasteiger partial charge >= 0.3 is 12.1 Å². The normalized spacial score (nSPS) is 15.9. The van der Waals surface area contributed by atoms with Gasteiger partial charge in [0.15, 0.2) is 0 Å². The maximum atomic E-state index is 12.1. The number of halogens is 7. The van der Waals surface area contributed by atoms with E-state index in [2.05, 4.69) is 18.2 Å². The van der Waals surface area contributed by atoms with Crippen LogP contribution in [0.15, 0.2) is 11.6 Å². The van der Waals surface area contributed by atoms with Crippen LogP contribution in [0, 0.1) is 0 Å². The van der Waals surface area contributed by atoms with E-state index in [1.807, 2.05) is 0 Å². The van der Waals surface area contributed by atoms with E-state index in [-0.39, 0.29) is 0 Å². The molecule has 0 saturated heterocycles. The first-order valence-corrected chi connectivity index (χ1v) is 2.91. The van der Waals surface area contributed by atoms with Crippen LogP contribution in [0.25, 0.3) is 0 Å². The highest BCUT2D eigenvalue weighted by Gasteiger charge is 2.63. The number of alkyl halides is 6. The fourth-order valence-corrected chi connectivity index (χ4v) is 0.477. The van der Waals surface area contributed by atoms with Gasteiger partial charge in [-0.3, -0.25) is 0 Å². The predicted molar refractivity (Wildman–Crippen MR) is 30.9 cm³/mol. The lowest BCUT2D eigenvalue weighted by Gasteiger charge is -2.22. The highest BCUT2D eigenvalue weighted by Crippen LogP contribution is 2.42. The van der Waals surface area contributed by atoms with E-state index in [1.54, 1.807) is 0 Å². The maximum Gasteiger partial charge on any atom is 0.456 e. The molecular weight excluding hydrogens is 209 g/mol. The van der Waals surface area contributed by atoms with Crippen molar-refractivity contribution in [1.82, 2.24) is 0 Å². The Morgan fingerprint density at radius 3 is 1.58 bits per heavy atom. The Labute approximate surface area is 68.8 Å². The first kappa shape index (κ1) is 11.6. The third-order valence-electron chi connectivity index (χ3n) is 0.971. The number of allylic oxidation sites excluding steroid dienone is 1. The zero-order valence-electron chi connectivity index (χ0n) is 5.43. The van der Waals surface area contributed by atoms with Crippen LogP contribution >= 0.6 is 11.6 Å². The first-order valence-electron chi connectivity index (χ1n) is 2.53. The van der Waals surface area contributed by atoms with Gasteiger partial charge in [0.05, 0.1) is 5.03 Å². The minimum atomic E-state index is -5.95. The SMILES string of the molecule is C=C(Cl)C(F)C(F)(F)C(F)(F)F. The zero-order valence-corrected chi connectivity index (χ0v) is 6.19. The van der Waals surface area contributed by atoms with Crippen molar-refractivity contribution in [2.24, 2.45) is 0 Å². The molecule has 0 aromatic carbocycles. The topological polar surface area (TPSA) is 0 Å². The average molecular weight is 213 g/mol. The molecule has 0 aliphatic carbocycles. The van der Waals surface area contributed by atoms with E-state index in [4.69, 9.17) is 0 Å². The van der Waals surface area contributed by atoms with Gasteiger partial charge in [0.25, 0.3) is 0 Å². The molecule has 0 aromatic heterocycles. The molecule has 7 heteroatoms. The highest BCUT2D eigenvalue weighted by atomic mass is 35.5. The van der Waals surface area contributed by atoms with Crippen LogP contribution in [0.4, 0.5) is 26.3 Å². The monoisotopic (exact) mass is 212 g/mol. The molecule has 72 valence electrons. The Bertz CT molecular complexity index is 183. The first-order chi connectivity index (χ1) is 5.10. The molecule has 0 fully saturated rings. The Morgan fingerprint density at radius 1 is 1.17 bits per heavy atom. The second kappa shape index (κ2) is 3.16. The van der Waals surface area contributed by atoms with Gasteiger partial charge in [0.1, 0.15) is 0 Å². The van der Waals surface area contributed by atoms with E-state index in [1.165, 1.54) is 0 Å². The molecule has 0 bridgehead atoms. The summed E-state index contributed by atoms with van der Waals surface area (Å²) in [6, 6.07) is 0. The summed E-state index contributed by atoms with van der Waals surface area (Å²) in [4.78, 5) is 0. The fraction of sp³-hybridized carbons (Fsp3) is 0.600. The van der Waals surface area contributed by atoms with Crippen molar-refractivity contribution in [2.45, 2.75) is 18.3 Å². The Kier molecular flexibility index (Phi) is 3.06. The van der Waals surface area contributed by atoms with Crippen LogP contribution in [0.2, 0.25) is 0 Å². The molecule has 0 rings (SSSR count). The summed E-state index contributed by atoms with van der Waals surface area (Å²) in [5.41, 5.74) is 0. The predicted octanol–water partition coefficient (Wildman–Crippen LogP) is 3.27. The van der Waals surface area contributed by atoms with E-state index in [0.29, 0.717) is 0 Å². The Hall–Kier alpha value is -0.390. The van der Waals surface area contributed by atoms with Gasteiger partial charge in [-0.25, -0.2) is 4.39 Å². The van der Waals surface area contributed by atoms with E-state index in [9.17, 15) is 26.3 Å². The molecule has 0 heterocycles. The molecule has 12 heavy (non-hydrogen) atoms. The van der Waals surface area contributed by atoms with Crippen LogP contribution in [0.5, 0.6) is 0 Å². The molecule has 1 atom stereocenters. The fourth-order valence-electron chi connectivity index (χ4n) is 0.340. The smallest absolute Gasteiger partial charge is 0.234 e. The van der Waals surface area contributed by atoms with Crippen molar-refractivity contribution in [2.75, 3.05) is 0 Å².